The lowest BCUT2D eigenvalue weighted by atomic mass is 9.36. The van der Waals surface area contributed by atoms with E-state index < -0.39 is 8.07 Å². The number of rotatable bonds is 1. The van der Waals surface area contributed by atoms with Crippen LogP contribution in [0.15, 0.2) is 121 Å². The van der Waals surface area contributed by atoms with Gasteiger partial charge in [-0.15, -0.1) is 11.3 Å². The van der Waals surface area contributed by atoms with Crippen LogP contribution < -0.4 is 35.9 Å². The molecule has 3 aliphatic heterocycles. The minimum atomic E-state index is -1.93. The Morgan fingerprint density at radius 1 is 0.591 bits per heavy atom. The minimum absolute atomic E-state index is 0.181. The van der Waals surface area contributed by atoms with Crippen molar-refractivity contribution in [3.8, 4) is 0 Å². The molecule has 7 aromatic rings. The summed E-state index contributed by atoms with van der Waals surface area (Å²) in [6.07, 6.45) is 0. The number of fused-ring (bicyclic) bond motifs is 9. The fourth-order valence-electron chi connectivity index (χ4n) is 8.37. The molecule has 0 atom stereocenters. The average Bonchev–Trinajstić information content (AvgIpc) is 3.43. The van der Waals surface area contributed by atoms with Crippen molar-refractivity contribution in [3.05, 3.63) is 127 Å². The number of hydrogen-bond acceptors (Lipinski definition) is 3. The summed E-state index contributed by atoms with van der Waals surface area (Å²) in [4.78, 5) is 5.22. The highest BCUT2D eigenvalue weighted by atomic mass is 32.1. The molecule has 208 valence electrons. The molecular weight excluding hydrogens is 567 g/mol. The van der Waals surface area contributed by atoms with E-state index in [1.165, 1.54) is 81.4 Å². The molecule has 0 saturated heterocycles. The first kappa shape index (κ1) is 24.8. The molecule has 5 heteroatoms. The van der Waals surface area contributed by atoms with Gasteiger partial charge in [0.2, 0.25) is 0 Å². The largest absolute Gasteiger partial charge is 0.312 e. The normalized spacial score (nSPS) is 15.2. The number of benzene rings is 6. The molecule has 10 rings (SSSR count). The Kier molecular flexibility index (Phi) is 4.81. The van der Waals surface area contributed by atoms with E-state index in [0.717, 1.165) is 0 Å². The topological polar surface area (TPSA) is 6.48 Å². The van der Waals surface area contributed by atoms with Gasteiger partial charge in [-0.25, -0.2) is 0 Å². The maximum Gasteiger partial charge on any atom is 0.264 e. The third-order valence-electron chi connectivity index (χ3n) is 10.2. The highest BCUT2D eigenvalue weighted by molar-refractivity contribution is 7.33. The third kappa shape index (κ3) is 3.01. The molecule has 4 heterocycles. The van der Waals surface area contributed by atoms with Crippen molar-refractivity contribution in [1.82, 2.24) is 0 Å². The minimum Gasteiger partial charge on any atom is -0.312 e. The molecule has 1 aromatic heterocycles. The van der Waals surface area contributed by atoms with E-state index in [1.807, 2.05) is 11.3 Å². The van der Waals surface area contributed by atoms with Crippen LogP contribution in [0.25, 0.3) is 20.9 Å². The first-order valence-electron chi connectivity index (χ1n) is 15.5. The highest BCUT2D eigenvalue weighted by Gasteiger charge is 2.49. The summed E-state index contributed by atoms with van der Waals surface area (Å²) < 4.78 is 2.80. The summed E-state index contributed by atoms with van der Waals surface area (Å²) in [5.41, 5.74) is 12.1. The Balaban J connectivity index is 1.39. The molecule has 0 fully saturated rings. The van der Waals surface area contributed by atoms with Gasteiger partial charge in [0, 0.05) is 43.0 Å². The van der Waals surface area contributed by atoms with E-state index in [-0.39, 0.29) is 6.71 Å². The van der Waals surface area contributed by atoms with Crippen molar-refractivity contribution < 1.29 is 0 Å². The van der Waals surface area contributed by atoms with Gasteiger partial charge in [0.1, 0.15) is 8.07 Å². The van der Waals surface area contributed by atoms with Gasteiger partial charge in [0.05, 0.1) is 11.4 Å². The number of nitrogens with zero attached hydrogens (tertiary/aromatic N) is 2. The number of anilines is 6. The van der Waals surface area contributed by atoms with Crippen molar-refractivity contribution in [1.29, 1.82) is 0 Å². The summed E-state index contributed by atoms with van der Waals surface area (Å²) >= 11 is 1.98. The van der Waals surface area contributed by atoms with Gasteiger partial charge in [-0.3, -0.25) is 0 Å². The van der Waals surface area contributed by atoms with Crippen LogP contribution in [-0.4, -0.2) is 14.8 Å². The van der Waals surface area contributed by atoms with Crippen molar-refractivity contribution in [3.63, 3.8) is 0 Å². The quantitative estimate of drug-likeness (QED) is 0.180. The van der Waals surface area contributed by atoms with Crippen LogP contribution in [0.4, 0.5) is 34.1 Å². The van der Waals surface area contributed by atoms with E-state index >= 15 is 0 Å². The SMILES string of the molecule is Cc1cc2c3c(c1)N(c1cccc4ccccc14)c1c(sc4ccccc14)B3c1cccc3c1N2c1ccccc1[Si]3(C)C. The molecule has 0 amide bonds. The second kappa shape index (κ2) is 8.53. The first-order chi connectivity index (χ1) is 21.5. The van der Waals surface area contributed by atoms with E-state index in [9.17, 15) is 0 Å². The molecule has 3 aliphatic rings. The number of hydrogen-bond donors (Lipinski definition) is 0. The molecular formula is C39H29BN2SSi. The Morgan fingerprint density at radius 3 is 2.09 bits per heavy atom. The van der Waals surface area contributed by atoms with E-state index in [0.29, 0.717) is 0 Å². The zero-order chi connectivity index (χ0) is 29.3. The maximum absolute atomic E-state index is 2.63. The van der Waals surface area contributed by atoms with Crippen molar-refractivity contribution in [2.75, 3.05) is 9.80 Å². The Morgan fingerprint density at radius 2 is 1.23 bits per heavy atom. The van der Waals surface area contributed by atoms with Crippen LogP contribution in [0.3, 0.4) is 0 Å². The number of para-hydroxylation sites is 2. The molecule has 0 spiro atoms. The summed E-state index contributed by atoms with van der Waals surface area (Å²) in [6.45, 7) is 7.51. The molecule has 0 N–H and O–H groups in total. The highest BCUT2D eigenvalue weighted by Crippen LogP contribution is 2.49. The van der Waals surface area contributed by atoms with Crippen molar-refractivity contribution in [2.24, 2.45) is 0 Å². The molecule has 2 nitrogen and oxygen atoms in total. The van der Waals surface area contributed by atoms with Crippen molar-refractivity contribution >= 4 is 107 Å². The van der Waals surface area contributed by atoms with E-state index in [4.69, 9.17) is 0 Å². The Bertz CT molecular complexity index is 2370. The number of aryl methyl sites for hydroxylation is 1. The lowest BCUT2D eigenvalue weighted by molar-refractivity contribution is 1.25. The van der Waals surface area contributed by atoms with Crippen LogP contribution in [-0.2, 0) is 0 Å². The van der Waals surface area contributed by atoms with E-state index in [2.05, 4.69) is 151 Å². The summed E-state index contributed by atoms with van der Waals surface area (Å²) in [7, 11) is -1.93. The smallest absolute Gasteiger partial charge is 0.264 e. The van der Waals surface area contributed by atoms with Gasteiger partial charge in [0.25, 0.3) is 6.71 Å². The second-order valence-electron chi connectivity index (χ2n) is 13.0. The molecule has 0 bridgehead atoms. The summed E-state index contributed by atoms with van der Waals surface area (Å²) in [5.74, 6) is 0. The summed E-state index contributed by atoms with van der Waals surface area (Å²) in [5, 5.41) is 6.94. The van der Waals surface area contributed by atoms with Gasteiger partial charge in [-0.05, 0) is 69.5 Å². The zero-order valence-corrected chi connectivity index (χ0v) is 26.7. The predicted octanol–water partition coefficient (Wildman–Crippen LogP) is 7.58. The molecule has 44 heavy (non-hydrogen) atoms. The second-order valence-corrected chi connectivity index (χ2v) is 18.4. The molecule has 6 aromatic carbocycles. The van der Waals surface area contributed by atoms with Crippen LogP contribution in [0.1, 0.15) is 5.56 Å². The van der Waals surface area contributed by atoms with E-state index in [1.54, 1.807) is 5.19 Å². The Hall–Kier alpha value is -4.58. The van der Waals surface area contributed by atoms with Gasteiger partial charge >= 0.3 is 0 Å². The standard InChI is InChI=1S/C39H29BN2SSi/c1-24-22-31-36-32(23-24)42-30-17-7-9-20-34(30)44(2,3)35-21-11-16-28(38(35)42)40(36)39-37(27-15-6-8-19-33(27)43-39)41(31)29-18-10-13-25-12-4-5-14-26(25)29/h4-23H,1-3H3. The molecule has 0 radical (unpaired) electrons. The first-order valence-corrected chi connectivity index (χ1v) is 19.3. The van der Waals surface area contributed by atoms with Gasteiger partial charge < -0.3 is 9.80 Å². The molecule has 0 saturated carbocycles. The fraction of sp³-hybridized carbons (Fsp3) is 0.0769. The van der Waals surface area contributed by atoms with Crippen LogP contribution >= 0.6 is 11.3 Å². The molecule has 0 aliphatic carbocycles. The summed E-state index contributed by atoms with van der Waals surface area (Å²) in [6, 6.07) is 45.9. The lowest BCUT2D eigenvalue weighted by Gasteiger charge is -2.48. The van der Waals surface area contributed by atoms with Gasteiger partial charge in [0.15, 0.2) is 0 Å². The predicted molar refractivity (Wildman–Crippen MR) is 195 cm³/mol. The van der Waals surface area contributed by atoms with Crippen LogP contribution in [0.5, 0.6) is 0 Å². The zero-order valence-electron chi connectivity index (χ0n) is 24.9. The average molecular weight is 597 g/mol. The van der Waals surface area contributed by atoms with Gasteiger partial charge in [-0.1, -0.05) is 104 Å². The monoisotopic (exact) mass is 596 g/mol. The fourth-order valence-corrected chi connectivity index (χ4v) is 12.7. The third-order valence-corrected chi connectivity index (χ3v) is 15.0. The maximum atomic E-state index is 2.63. The number of thiophene rings is 1. The Labute approximate surface area is 262 Å². The van der Waals surface area contributed by atoms with Crippen molar-refractivity contribution in [2.45, 2.75) is 20.0 Å². The molecule has 0 unspecified atom stereocenters. The van der Waals surface area contributed by atoms with Crippen LogP contribution in [0.2, 0.25) is 13.1 Å². The van der Waals surface area contributed by atoms with Crippen LogP contribution in [0, 0.1) is 6.92 Å². The lowest BCUT2D eigenvalue weighted by Crippen LogP contribution is -2.67. The van der Waals surface area contributed by atoms with Gasteiger partial charge in [-0.2, -0.15) is 0 Å².